The molecular formula is C20H24FN3O4. The Kier molecular flexibility index (Phi) is 7.62. The van der Waals surface area contributed by atoms with E-state index in [-0.39, 0.29) is 30.9 Å². The lowest BCUT2D eigenvalue weighted by Gasteiger charge is -2.18. The highest BCUT2D eigenvalue weighted by atomic mass is 19.1. The number of benzene rings is 2. The SMILES string of the molecule is COc1ccc(C(C)NC(=O)CNC(=O)NCc2ccc(F)cc2)c(OC)c1. The molecule has 0 aliphatic heterocycles. The molecule has 28 heavy (non-hydrogen) atoms. The van der Waals surface area contributed by atoms with Gasteiger partial charge in [-0.1, -0.05) is 12.1 Å². The van der Waals surface area contributed by atoms with Gasteiger partial charge in [-0.3, -0.25) is 4.79 Å². The average Bonchev–Trinajstić information content (AvgIpc) is 2.71. The first-order valence-electron chi connectivity index (χ1n) is 8.70. The molecule has 0 fully saturated rings. The summed E-state index contributed by atoms with van der Waals surface area (Å²) in [4.78, 5) is 23.9. The number of rotatable bonds is 8. The third kappa shape index (κ3) is 6.15. The summed E-state index contributed by atoms with van der Waals surface area (Å²) in [6.07, 6.45) is 0. The average molecular weight is 389 g/mol. The van der Waals surface area contributed by atoms with Gasteiger partial charge in [-0.2, -0.15) is 0 Å². The number of methoxy groups -OCH3 is 2. The molecule has 0 saturated heterocycles. The van der Waals surface area contributed by atoms with Crippen LogP contribution in [0.1, 0.15) is 24.1 Å². The number of halogens is 1. The number of nitrogens with one attached hydrogen (secondary N) is 3. The fraction of sp³-hybridized carbons (Fsp3) is 0.300. The van der Waals surface area contributed by atoms with Crippen molar-refractivity contribution in [3.8, 4) is 11.5 Å². The molecule has 7 nitrogen and oxygen atoms in total. The van der Waals surface area contributed by atoms with Gasteiger partial charge >= 0.3 is 6.03 Å². The van der Waals surface area contributed by atoms with Crippen LogP contribution in [0.5, 0.6) is 11.5 Å². The van der Waals surface area contributed by atoms with E-state index in [2.05, 4.69) is 16.0 Å². The molecule has 2 aromatic rings. The van der Waals surface area contributed by atoms with Gasteiger partial charge in [0.1, 0.15) is 17.3 Å². The number of ether oxygens (including phenoxy) is 2. The van der Waals surface area contributed by atoms with Crippen molar-refractivity contribution in [1.29, 1.82) is 0 Å². The van der Waals surface area contributed by atoms with E-state index in [4.69, 9.17) is 9.47 Å². The third-order valence-corrected chi connectivity index (χ3v) is 4.06. The highest BCUT2D eigenvalue weighted by molar-refractivity contribution is 5.84. The molecule has 2 rings (SSSR count). The van der Waals surface area contributed by atoms with Crippen LogP contribution in [0.2, 0.25) is 0 Å². The maximum Gasteiger partial charge on any atom is 0.315 e. The van der Waals surface area contributed by atoms with Gasteiger partial charge in [0, 0.05) is 18.2 Å². The molecule has 0 saturated carbocycles. The predicted octanol–water partition coefficient (Wildman–Crippen LogP) is 2.52. The number of carbonyl (C=O) groups excluding carboxylic acids is 2. The number of carbonyl (C=O) groups is 2. The molecule has 1 unspecified atom stereocenters. The minimum Gasteiger partial charge on any atom is -0.497 e. The molecule has 150 valence electrons. The Bertz CT molecular complexity index is 812. The number of hydrogen-bond donors (Lipinski definition) is 3. The van der Waals surface area contributed by atoms with E-state index in [1.54, 1.807) is 38.5 Å². The van der Waals surface area contributed by atoms with E-state index in [0.717, 1.165) is 11.1 Å². The van der Waals surface area contributed by atoms with Crippen LogP contribution in [0.15, 0.2) is 42.5 Å². The van der Waals surface area contributed by atoms with Crippen LogP contribution in [0.25, 0.3) is 0 Å². The molecule has 0 radical (unpaired) electrons. The highest BCUT2D eigenvalue weighted by Crippen LogP contribution is 2.29. The van der Waals surface area contributed by atoms with Crippen LogP contribution in [0.4, 0.5) is 9.18 Å². The second-order valence-electron chi connectivity index (χ2n) is 6.06. The molecule has 0 bridgehead atoms. The fourth-order valence-corrected chi connectivity index (χ4v) is 2.55. The van der Waals surface area contributed by atoms with Crippen LogP contribution in [0.3, 0.4) is 0 Å². The van der Waals surface area contributed by atoms with E-state index in [9.17, 15) is 14.0 Å². The topological polar surface area (TPSA) is 88.7 Å². The Balaban J connectivity index is 1.79. The van der Waals surface area contributed by atoms with Crippen LogP contribution in [-0.4, -0.2) is 32.7 Å². The Morgan fingerprint density at radius 3 is 2.39 bits per heavy atom. The zero-order valence-electron chi connectivity index (χ0n) is 16.0. The molecule has 1 atom stereocenters. The van der Waals surface area contributed by atoms with Crippen LogP contribution < -0.4 is 25.4 Å². The third-order valence-electron chi connectivity index (χ3n) is 4.06. The summed E-state index contributed by atoms with van der Waals surface area (Å²) < 4.78 is 23.3. The molecule has 3 amide bonds. The van der Waals surface area contributed by atoms with E-state index in [0.29, 0.717) is 11.5 Å². The Morgan fingerprint density at radius 2 is 1.75 bits per heavy atom. The van der Waals surface area contributed by atoms with E-state index in [1.165, 1.54) is 12.1 Å². The lowest BCUT2D eigenvalue weighted by molar-refractivity contribution is -0.120. The van der Waals surface area contributed by atoms with Gasteiger partial charge < -0.3 is 25.4 Å². The fourth-order valence-electron chi connectivity index (χ4n) is 2.55. The summed E-state index contributed by atoms with van der Waals surface area (Å²) >= 11 is 0. The molecule has 0 heterocycles. The summed E-state index contributed by atoms with van der Waals surface area (Å²) in [5.41, 5.74) is 1.54. The van der Waals surface area contributed by atoms with Gasteiger partial charge in [0.25, 0.3) is 0 Å². The van der Waals surface area contributed by atoms with Gasteiger partial charge in [-0.25, -0.2) is 9.18 Å². The minimum atomic E-state index is -0.492. The van der Waals surface area contributed by atoms with Crippen molar-refractivity contribution >= 4 is 11.9 Å². The van der Waals surface area contributed by atoms with Gasteiger partial charge in [-0.15, -0.1) is 0 Å². The van der Waals surface area contributed by atoms with E-state index < -0.39 is 6.03 Å². The van der Waals surface area contributed by atoms with E-state index >= 15 is 0 Å². The van der Waals surface area contributed by atoms with Crippen molar-refractivity contribution in [2.75, 3.05) is 20.8 Å². The van der Waals surface area contributed by atoms with Gasteiger partial charge in [0.2, 0.25) is 5.91 Å². The lowest BCUT2D eigenvalue weighted by atomic mass is 10.1. The van der Waals surface area contributed by atoms with Crippen molar-refractivity contribution in [3.63, 3.8) is 0 Å². The zero-order chi connectivity index (χ0) is 20.5. The smallest absolute Gasteiger partial charge is 0.315 e. The summed E-state index contributed by atoms with van der Waals surface area (Å²) in [6.45, 7) is 1.86. The predicted molar refractivity (Wildman–Crippen MR) is 103 cm³/mol. The van der Waals surface area contributed by atoms with Crippen molar-refractivity contribution < 1.29 is 23.5 Å². The Morgan fingerprint density at radius 1 is 1.04 bits per heavy atom. The van der Waals surface area contributed by atoms with Crippen LogP contribution in [0, 0.1) is 5.82 Å². The second kappa shape index (κ2) is 10.1. The molecular weight excluding hydrogens is 365 g/mol. The highest BCUT2D eigenvalue weighted by Gasteiger charge is 2.15. The Labute approximate surface area is 163 Å². The number of amides is 3. The minimum absolute atomic E-state index is 0.182. The largest absolute Gasteiger partial charge is 0.497 e. The normalized spacial score (nSPS) is 11.3. The van der Waals surface area contributed by atoms with Crippen molar-refractivity contribution in [2.24, 2.45) is 0 Å². The summed E-state index contributed by atoms with van der Waals surface area (Å²) in [5, 5.41) is 7.88. The first-order chi connectivity index (χ1) is 13.4. The van der Waals surface area contributed by atoms with Gasteiger partial charge in [0.15, 0.2) is 0 Å². The molecule has 2 aromatic carbocycles. The van der Waals surface area contributed by atoms with E-state index in [1.807, 2.05) is 13.0 Å². The van der Waals surface area contributed by atoms with Crippen LogP contribution in [-0.2, 0) is 11.3 Å². The second-order valence-corrected chi connectivity index (χ2v) is 6.06. The van der Waals surface area contributed by atoms with Crippen molar-refractivity contribution in [3.05, 3.63) is 59.4 Å². The number of urea groups is 1. The first-order valence-corrected chi connectivity index (χ1v) is 8.70. The monoisotopic (exact) mass is 389 g/mol. The van der Waals surface area contributed by atoms with Crippen molar-refractivity contribution in [2.45, 2.75) is 19.5 Å². The summed E-state index contributed by atoms with van der Waals surface area (Å²) in [7, 11) is 3.10. The molecule has 8 heteroatoms. The zero-order valence-corrected chi connectivity index (χ0v) is 16.0. The molecule has 3 N–H and O–H groups in total. The molecule has 0 aliphatic carbocycles. The number of hydrogen-bond acceptors (Lipinski definition) is 4. The summed E-state index contributed by atoms with van der Waals surface area (Å²) in [5.74, 6) is 0.561. The molecule has 0 spiro atoms. The summed E-state index contributed by atoms with van der Waals surface area (Å²) in [6, 6.07) is 10.3. The van der Waals surface area contributed by atoms with Gasteiger partial charge in [0.05, 0.1) is 26.8 Å². The first kappa shape index (κ1) is 21.0. The van der Waals surface area contributed by atoms with Gasteiger partial charge in [-0.05, 0) is 36.8 Å². The standard InChI is InChI=1S/C20H24FN3O4/c1-13(17-9-8-16(27-2)10-18(17)28-3)24-19(25)12-23-20(26)22-11-14-4-6-15(21)7-5-14/h4-10,13H,11-12H2,1-3H3,(H,24,25)(H2,22,23,26). The van der Waals surface area contributed by atoms with Crippen LogP contribution >= 0.6 is 0 Å². The maximum atomic E-state index is 12.8. The molecule has 0 aromatic heterocycles. The lowest BCUT2D eigenvalue weighted by Crippen LogP contribution is -2.42. The van der Waals surface area contributed by atoms with Crippen molar-refractivity contribution in [1.82, 2.24) is 16.0 Å². The quantitative estimate of drug-likeness (QED) is 0.647. The maximum absolute atomic E-state index is 12.8. The molecule has 0 aliphatic rings. The Hall–Kier alpha value is -3.29.